The van der Waals surface area contributed by atoms with Gasteiger partial charge in [-0.2, -0.15) is 0 Å². The van der Waals surface area contributed by atoms with Crippen LogP contribution < -0.4 is 19.5 Å². The van der Waals surface area contributed by atoms with Gasteiger partial charge in [0.15, 0.2) is 0 Å². The number of aromatic nitrogens is 6. The fraction of sp³-hybridized carbons (Fsp3) is 0.429. The molecule has 4 rings (SSSR count). The van der Waals surface area contributed by atoms with Gasteiger partial charge in [0.25, 0.3) is 0 Å². The minimum absolute atomic E-state index is 0.0799. The third kappa shape index (κ3) is 3.23. The molecule has 1 aliphatic heterocycles. The van der Waals surface area contributed by atoms with Crippen molar-refractivity contribution in [3.63, 3.8) is 0 Å². The number of aliphatic hydroxyl groups is 3. The van der Waals surface area contributed by atoms with E-state index in [1.54, 1.807) is 11.6 Å². The van der Waals surface area contributed by atoms with Crippen LogP contribution >= 0.6 is 0 Å². The van der Waals surface area contributed by atoms with Gasteiger partial charge in [-0.05, 0) is 0 Å². The molecule has 15 heteroatoms. The van der Waals surface area contributed by atoms with E-state index in [0.717, 1.165) is 0 Å². The number of anilines is 1. The number of fused-ring (bicyclic) bond motifs is 1. The summed E-state index contributed by atoms with van der Waals surface area (Å²) in [6.45, 7) is -0.472. The van der Waals surface area contributed by atoms with Crippen LogP contribution in [0.2, 0.25) is 0 Å². The molecular formula is C14H17N8O6Se+. The molecular weight excluding hydrogens is 455 g/mol. The third-order valence-electron chi connectivity index (χ3n) is 4.49. The molecule has 0 saturated carbocycles. The molecule has 4 atom stereocenters. The van der Waals surface area contributed by atoms with Gasteiger partial charge in [0.05, 0.1) is 0 Å². The number of nitrogens with zero attached hydrogens (tertiary/aromatic N) is 6. The third-order valence-corrected chi connectivity index (χ3v) is 6.91. The zero-order chi connectivity index (χ0) is 20.9. The Hall–Kier alpha value is -2.68. The first kappa shape index (κ1) is 19.6. The monoisotopic (exact) mass is 473 g/mol. The van der Waals surface area contributed by atoms with E-state index < -0.39 is 51.0 Å². The Kier molecular flexibility index (Phi) is 4.93. The van der Waals surface area contributed by atoms with E-state index >= 15 is 0 Å². The van der Waals surface area contributed by atoms with Crippen LogP contribution in [0, 0.1) is 10.1 Å². The Labute approximate surface area is 168 Å². The van der Waals surface area contributed by atoms with Crippen molar-refractivity contribution in [2.75, 3.05) is 12.3 Å². The molecule has 3 aromatic rings. The van der Waals surface area contributed by atoms with Crippen LogP contribution in [0.25, 0.3) is 11.2 Å². The van der Waals surface area contributed by atoms with Gasteiger partial charge in [0, 0.05) is 0 Å². The van der Waals surface area contributed by atoms with Gasteiger partial charge in [0.1, 0.15) is 0 Å². The number of aromatic amines is 1. The summed E-state index contributed by atoms with van der Waals surface area (Å²) in [6, 6.07) is 0. The number of ether oxygens (including phenoxy) is 1. The normalized spacial score (nSPS) is 24.4. The van der Waals surface area contributed by atoms with Crippen molar-refractivity contribution in [3.05, 3.63) is 22.8 Å². The predicted molar refractivity (Wildman–Crippen MR) is 96.4 cm³/mol. The molecule has 0 spiro atoms. The summed E-state index contributed by atoms with van der Waals surface area (Å²) in [7, 11) is 1.67. The van der Waals surface area contributed by atoms with E-state index in [4.69, 9.17) is 10.5 Å². The van der Waals surface area contributed by atoms with Crippen LogP contribution in [0.4, 0.5) is 11.8 Å². The summed E-state index contributed by atoms with van der Waals surface area (Å²) in [5, 5.41) is 40.8. The number of hydrogen-bond acceptors (Lipinski definition) is 10. The molecule has 0 unspecified atom stereocenters. The zero-order valence-electron chi connectivity index (χ0n) is 14.9. The number of rotatable bonds is 5. The van der Waals surface area contributed by atoms with Gasteiger partial charge in [-0.15, -0.1) is 0 Å². The van der Waals surface area contributed by atoms with Crippen LogP contribution in [-0.2, 0) is 11.8 Å². The fourth-order valence-corrected chi connectivity index (χ4v) is 5.14. The topological polar surface area (TPSA) is 202 Å². The van der Waals surface area contributed by atoms with Crippen LogP contribution in [0.15, 0.2) is 12.7 Å². The second-order valence-electron chi connectivity index (χ2n) is 6.34. The number of aryl methyl sites for hydroxylation is 1. The molecule has 154 valence electrons. The predicted octanol–water partition coefficient (Wildman–Crippen LogP) is -4.26. The first-order valence-corrected chi connectivity index (χ1v) is 10.0. The van der Waals surface area contributed by atoms with Gasteiger partial charge in [-0.1, -0.05) is 0 Å². The van der Waals surface area contributed by atoms with Gasteiger partial charge < -0.3 is 0 Å². The maximum atomic E-state index is 11.3. The average Bonchev–Trinajstić information content (AvgIpc) is 3.33. The number of imidazole rings is 2. The first-order valence-electron chi connectivity index (χ1n) is 8.33. The van der Waals surface area contributed by atoms with Gasteiger partial charge in [-0.25, -0.2) is 0 Å². The van der Waals surface area contributed by atoms with E-state index in [-0.39, 0.29) is 17.4 Å². The molecule has 0 amide bonds. The molecule has 3 aromatic heterocycles. The van der Waals surface area contributed by atoms with E-state index in [0.29, 0.717) is 14.7 Å². The molecule has 0 aromatic carbocycles. The molecule has 6 N–H and O–H groups in total. The Morgan fingerprint density at radius 3 is 2.86 bits per heavy atom. The average molecular weight is 472 g/mol. The fourth-order valence-electron chi connectivity index (χ4n) is 3.06. The number of nitrogens with two attached hydrogens (primary N) is 1. The van der Waals surface area contributed by atoms with Crippen LogP contribution in [0.3, 0.4) is 0 Å². The molecule has 1 saturated heterocycles. The van der Waals surface area contributed by atoms with Crippen molar-refractivity contribution in [3.8, 4) is 0 Å². The second kappa shape index (κ2) is 7.29. The number of hydrogen-bond donors (Lipinski definition) is 5. The number of H-pyrrole nitrogens is 1. The molecule has 0 radical (unpaired) electrons. The SMILES string of the molecule is C[n+]1c[nH]c([N+](=O)[O-])c1[Se]c1nc(N)nc2c1ncn2[C@H]1O[C@@H](CO)[C@H](O)[C@H]1O. The number of nitro groups is 1. The number of nitrogen functional groups attached to an aromatic ring is 1. The van der Waals surface area contributed by atoms with Crippen molar-refractivity contribution in [1.82, 2.24) is 24.5 Å². The Balaban J connectivity index is 1.77. The Bertz CT molecular complexity index is 1090. The molecule has 1 aliphatic rings. The van der Waals surface area contributed by atoms with Gasteiger partial charge >= 0.3 is 168 Å². The van der Waals surface area contributed by atoms with Crippen molar-refractivity contribution in [1.29, 1.82) is 0 Å². The van der Waals surface area contributed by atoms with E-state index in [1.807, 2.05) is 0 Å². The van der Waals surface area contributed by atoms with Crippen molar-refractivity contribution in [2.24, 2.45) is 7.05 Å². The molecule has 4 heterocycles. The Morgan fingerprint density at radius 1 is 1.45 bits per heavy atom. The van der Waals surface area contributed by atoms with E-state index in [9.17, 15) is 25.4 Å². The summed E-state index contributed by atoms with van der Waals surface area (Å²) >= 11 is -0.645. The molecule has 29 heavy (non-hydrogen) atoms. The van der Waals surface area contributed by atoms with Gasteiger partial charge in [0.2, 0.25) is 0 Å². The summed E-state index contributed by atoms with van der Waals surface area (Å²) in [5.41, 5.74) is 6.42. The number of aliphatic hydroxyl groups excluding tert-OH is 3. The Morgan fingerprint density at radius 2 is 2.21 bits per heavy atom. The van der Waals surface area contributed by atoms with E-state index in [2.05, 4.69) is 19.9 Å². The standard InChI is InChI=1S/C14H16N8O6Se/c1-20-3-17-10(22(26)27)13(20)29-11-6-9(18-14(15)19-11)21(4-16-6)12-8(25)7(24)5(2-23)28-12/h3-5,7-8,12,23-25H,2H2,1H3,(H2,15,18,19)/p+1/t5-,7-,8+,12-/m0/s1. The maximum absolute atomic E-state index is 11.3. The minimum atomic E-state index is -1.32. The summed E-state index contributed by atoms with van der Waals surface area (Å²) in [4.78, 5) is 26.0. The van der Waals surface area contributed by atoms with Crippen molar-refractivity contribution >= 4 is 47.1 Å². The van der Waals surface area contributed by atoms with Crippen molar-refractivity contribution in [2.45, 2.75) is 24.5 Å². The number of nitrogens with one attached hydrogen (secondary N) is 1. The molecule has 1 fully saturated rings. The quantitative estimate of drug-likeness (QED) is 0.105. The van der Waals surface area contributed by atoms with Crippen LogP contribution in [-0.4, -0.2) is 84.6 Å². The molecule has 0 bridgehead atoms. The van der Waals surface area contributed by atoms with E-state index in [1.165, 1.54) is 17.2 Å². The summed E-state index contributed by atoms with van der Waals surface area (Å²) in [6.07, 6.45) is -1.79. The van der Waals surface area contributed by atoms with Crippen LogP contribution in [0.1, 0.15) is 6.23 Å². The zero-order valence-corrected chi connectivity index (χ0v) is 16.6. The second-order valence-corrected chi connectivity index (χ2v) is 8.39. The molecule has 14 nitrogen and oxygen atoms in total. The molecule has 0 aliphatic carbocycles. The summed E-state index contributed by atoms with van der Waals surface area (Å²) in [5.74, 6) is -0.232. The summed E-state index contributed by atoms with van der Waals surface area (Å²) < 4.78 is 9.33. The van der Waals surface area contributed by atoms with Crippen LogP contribution in [0.5, 0.6) is 0 Å². The first-order chi connectivity index (χ1) is 13.8. The van der Waals surface area contributed by atoms with Gasteiger partial charge in [-0.3, -0.25) is 0 Å². The van der Waals surface area contributed by atoms with Crippen molar-refractivity contribution < 1.29 is 29.5 Å².